The third-order valence-electron chi connectivity index (χ3n) is 3.95. The summed E-state index contributed by atoms with van der Waals surface area (Å²) in [5.74, 6) is -1.31. The number of nitrogens with one attached hydrogen (secondary N) is 1. The fraction of sp³-hybridized carbons (Fsp3) is 0.400. The minimum Gasteiger partial charge on any atom is -0.448 e. The van der Waals surface area contributed by atoms with Gasteiger partial charge in [0.05, 0.1) is 11.7 Å². The number of ether oxygens (including phenoxy) is 1. The Hall–Kier alpha value is -2.75. The molecule has 3 heterocycles. The summed E-state index contributed by atoms with van der Waals surface area (Å²) in [6.07, 6.45) is 0.269. The zero-order valence-electron chi connectivity index (χ0n) is 13.9. The Balaban J connectivity index is 1.84. The van der Waals surface area contributed by atoms with Crippen LogP contribution < -0.4 is 10.9 Å². The molecular weight excluding hydrogens is 348 g/mol. The highest BCUT2D eigenvalue weighted by atomic mass is 32.1. The van der Waals surface area contributed by atoms with E-state index in [2.05, 4.69) is 10.3 Å². The Morgan fingerprint density at radius 3 is 2.76 bits per heavy atom. The topological polar surface area (TPSA) is 111 Å². The molecule has 0 unspecified atom stereocenters. The van der Waals surface area contributed by atoms with Crippen LogP contribution in [0.4, 0.5) is 4.79 Å². The number of rotatable bonds is 3. The Morgan fingerprint density at radius 1 is 1.40 bits per heavy atom. The Bertz CT molecular complexity index is 947. The molecule has 2 aromatic rings. The van der Waals surface area contributed by atoms with Gasteiger partial charge in [0.2, 0.25) is 0 Å². The van der Waals surface area contributed by atoms with Crippen molar-refractivity contribution in [1.29, 1.82) is 0 Å². The highest BCUT2D eigenvalue weighted by Gasteiger charge is 2.32. The van der Waals surface area contributed by atoms with Crippen molar-refractivity contribution in [3.8, 4) is 0 Å². The van der Waals surface area contributed by atoms with Crippen molar-refractivity contribution in [3.63, 3.8) is 0 Å². The summed E-state index contributed by atoms with van der Waals surface area (Å²) in [7, 11) is 1.58. The lowest BCUT2D eigenvalue weighted by Crippen LogP contribution is -2.41. The summed E-state index contributed by atoms with van der Waals surface area (Å²) in [5, 5.41) is 2.87. The third kappa shape index (κ3) is 2.88. The summed E-state index contributed by atoms with van der Waals surface area (Å²) < 4.78 is 6.53. The smallest absolute Gasteiger partial charge is 0.349 e. The molecule has 2 aromatic heterocycles. The van der Waals surface area contributed by atoms with Gasteiger partial charge >= 0.3 is 12.0 Å². The summed E-state index contributed by atoms with van der Waals surface area (Å²) in [4.78, 5) is 54.2. The standard InChI is InChI=1S/C15H16N4O5S/c1-7-9-11(17-6-18(3)13(9)21)25-10(7)14(22)24-8(2)12(20)19-5-4-16-15(19)23/h6,8H,4-5H2,1-3H3,(H,16,23)/t8-/m0/s1. The number of amides is 3. The van der Waals surface area contributed by atoms with Gasteiger partial charge in [-0.2, -0.15) is 0 Å². The molecule has 9 nitrogen and oxygen atoms in total. The average molecular weight is 364 g/mol. The van der Waals surface area contributed by atoms with Crippen molar-refractivity contribution in [2.45, 2.75) is 20.0 Å². The molecular formula is C15H16N4O5S. The lowest BCUT2D eigenvalue weighted by Gasteiger charge is -2.17. The van der Waals surface area contributed by atoms with E-state index in [1.807, 2.05) is 0 Å². The number of hydrogen-bond donors (Lipinski definition) is 1. The largest absolute Gasteiger partial charge is 0.448 e. The Morgan fingerprint density at radius 2 is 2.12 bits per heavy atom. The molecule has 25 heavy (non-hydrogen) atoms. The van der Waals surface area contributed by atoms with E-state index in [4.69, 9.17) is 4.74 Å². The summed E-state index contributed by atoms with van der Waals surface area (Å²) in [5.41, 5.74) is 0.216. The van der Waals surface area contributed by atoms with Gasteiger partial charge in [-0.25, -0.2) is 14.6 Å². The van der Waals surface area contributed by atoms with Crippen molar-refractivity contribution < 1.29 is 19.1 Å². The lowest BCUT2D eigenvalue weighted by molar-refractivity contribution is -0.136. The second kappa shape index (κ2) is 6.28. The first kappa shape index (κ1) is 17.1. The molecule has 3 rings (SSSR count). The van der Waals surface area contributed by atoms with E-state index in [-0.39, 0.29) is 17.0 Å². The minimum absolute atomic E-state index is 0.219. The predicted molar refractivity (Wildman–Crippen MR) is 89.6 cm³/mol. The van der Waals surface area contributed by atoms with E-state index in [0.717, 1.165) is 16.2 Å². The first-order chi connectivity index (χ1) is 11.8. The monoisotopic (exact) mass is 364 g/mol. The van der Waals surface area contributed by atoms with Gasteiger partial charge in [0.15, 0.2) is 6.10 Å². The number of carbonyl (C=O) groups is 3. The maximum atomic E-state index is 12.4. The number of aromatic nitrogens is 2. The minimum atomic E-state index is -1.11. The molecule has 1 fully saturated rings. The molecule has 0 radical (unpaired) electrons. The van der Waals surface area contributed by atoms with Crippen molar-refractivity contribution in [3.05, 3.63) is 27.1 Å². The number of carbonyl (C=O) groups excluding carboxylic acids is 3. The average Bonchev–Trinajstić information content (AvgIpc) is 3.14. The Labute approximate surface area is 146 Å². The maximum Gasteiger partial charge on any atom is 0.349 e. The zero-order valence-corrected chi connectivity index (χ0v) is 14.7. The van der Waals surface area contributed by atoms with Gasteiger partial charge in [-0.3, -0.25) is 14.5 Å². The molecule has 0 aromatic carbocycles. The van der Waals surface area contributed by atoms with E-state index < -0.39 is 24.0 Å². The van der Waals surface area contributed by atoms with Crippen LogP contribution in [0.1, 0.15) is 22.2 Å². The molecule has 1 atom stereocenters. The molecule has 1 saturated heterocycles. The number of nitrogens with zero attached hydrogens (tertiary/aromatic N) is 3. The highest BCUT2D eigenvalue weighted by Crippen LogP contribution is 2.27. The fourth-order valence-corrected chi connectivity index (χ4v) is 3.59. The Kier molecular flexibility index (Phi) is 4.29. The van der Waals surface area contributed by atoms with Crippen molar-refractivity contribution in [1.82, 2.24) is 19.8 Å². The van der Waals surface area contributed by atoms with Crippen LogP contribution in [0.3, 0.4) is 0 Å². The second-order valence-electron chi connectivity index (χ2n) is 5.67. The molecule has 1 aliphatic rings. The van der Waals surface area contributed by atoms with E-state index in [1.165, 1.54) is 17.8 Å². The second-order valence-corrected chi connectivity index (χ2v) is 6.67. The van der Waals surface area contributed by atoms with Gasteiger partial charge in [0.1, 0.15) is 9.71 Å². The molecule has 0 bridgehead atoms. The quantitative estimate of drug-likeness (QED) is 0.790. The fourth-order valence-electron chi connectivity index (χ4n) is 2.57. The lowest BCUT2D eigenvalue weighted by atomic mass is 10.2. The first-order valence-corrected chi connectivity index (χ1v) is 8.37. The first-order valence-electron chi connectivity index (χ1n) is 7.56. The van der Waals surface area contributed by atoms with Gasteiger partial charge in [-0.1, -0.05) is 0 Å². The van der Waals surface area contributed by atoms with E-state index in [9.17, 15) is 19.2 Å². The number of fused-ring (bicyclic) bond motifs is 1. The molecule has 132 valence electrons. The predicted octanol–water partition coefficient (Wildman–Crippen LogP) is 0.401. The number of hydrogen-bond acceptors (Lipinski definition) is 7. The number of thiophene rings is 1. The molecule has 1 aliphatic heterocycles. The molecule has 0 aliphatic carbocycles. The van der Waals surface area contributed by atoms with Crippen molar-refractivity contribution in [2.24, 2.45) is 7.05 Å². The van der Waals surface area contributed by atoms with Gasteiger partial charge in [0, 0.05) is 20.1 Å². The van der Waals surface area contributed by atoms with Gasteiger partial charge in [0.25, 0.3) is 11.5 Å². The summed E-state index contributed by atoms with van der Waals surface area (Å²) in [6.45, 7) is 3.65. The highest BCUT2D eigenvalue weighted by molar-refractivity contribution is 7.20. The van der Waals surface area contributed by atoms with Crippen LogP contribution in [0, 0.1) is 6.92 Å². The third-order valence-corrected chi connectivity index (χ3v) is 5.13. The van der Waals surface area contributed by atoms with Crippen LogP contribution in [0.25, 0.3) is 10.2 Å². The van der Waals surface area contributed by atoms with Crippen LogP contribution >= 0.6 is 11.3 Å². The summed E-state index contributed by atoms with van der Waals surface area (Å²) >= 11 is 1.04. The number of urea groups is 1. The van der Waals surface area contributed by atoms with E-state index in [0.29, 0.717) is 22.3 Å². The molecule has 10 heteroatoms. The van der Waals surface area contributed by atoms with Gasteiger partial charge in [-0.05, 0) is 19.4 Å². The van der Waals surface area contributed by atoms with Crippen LogP contribution in [-0.2, 0) is 16.6 Å². The van der Waals surface area contributed by atoms with Crippen LogP contribution in [0.5, 0.6) is 0 Å². The molecule has 0 spiro atoms. The van der Waals surface area contributed by atoms with E-state index in [1.54, 1.807) is 14.0 Å². The van der Waals surface area contributed by atoms with Crippen LogP contribution in [0.2, 0.25) is 0 Å². The number of imide groups is 1. The van der Waals surface area contributed by atoms with Crippen LogP contribution in [0.15, 0.2) is 11.1 Å². The van der Waals surface area contributed by atoms with Crippen molar-refractivity contribution in [2.75, 3.05) is 13.1 Å². The number of esters is 1. The number of aryl methyl sites for hydroxylation is 2. The molecule has 0 saturated carbocycles. The summed E-state index contributed by atoms with van der Waals surface area (Å²) in [6, 6.07) is -0.501. The van der Waals surface area contributed by atoms with E-state index >= 15 is 0 Å². The SMILES string of the molecule is Cc1c(C(=O)O[C@@H](C)C(=O)N2CCNC2=O)sc2ncn(C)c(=O)c12. The van der Waals surface area contributed by atoms with Crippen LogP contribution in [-0.4, -0.2) is 51.6 Å². The van der Waals surface area contributed by atoms with Crippen molar-refractivity contribution >= 4 is 39.5 Å². The molecule has 1 N–H and O–H groups in total. The van der Waals surface area contributed by atoms with Gasteiger partial charge in [-0.15, -0.1) is 11.3 Å². The van der Waals surface area contributed by atoms with Gasteiger partial charge < -0.3 is 14.6 Å². The molecule has 3 amide bonds. The normalized spacial score (nSPS) is 15.3. The maximum absolute atomic E-state index is 12.4. The zero-order chi connectivity index (χ0) is 18.3.